The fourth-order valence-electron chi connectivity index (χ4n) is 2.88. The van der Waals surface area contributed by atoms with Gasteiger partial charge in [0.2, 0.25) is 0 Å². The van der Waals surface area contributed by atoms with Gasteiger partial charge in [-0.15, -0.1) is 11.3 Å². The predicted octanol–water partition coefficient (Wildman–Crippen LogP) is 2.76. The number of nitrogens with zero attached hydrogens (tertiary/aromatic N) is 2. The molecule has 2 rings (SSSR count). The van der Waals surface area contributed by atoms with Crippen molar-refractivity contribution in [3.8, 4) is 0 Å². The topological polar surface area (TPSA) is 53.4 Å². The molecule has 0 bridgehead atoms. The Bertz CT molecular complexity index is 444. The first-order chi connectivity index (χ1) is 8.49. The van der Waals surface area contributed by atoms with E-state index in [1.165, 1.54) is 4.88 Å². The second-order valence-corrected chi connectivity index (χ2v) is 6.39. The average Bonchev–Trinajstić information content (AvgIpc) is 2.83. The van der Waals surface area contributed by atoms with Crippen LogP contribution in [0.4, 0.5) is 0 Å². The van der Waals surface area contributed by atoms with Gasteiger partial charge in [0.05, 0.1) is 23.2 Å². The number of thiazole rings is 1. The van der Waals surface area contributed by atoms with Crippen molar-refractivity contribution in [3.63, 3.8) is 0 Å². The zero-order valence-corrected chi connectivity index (χ0v) is 12.0. The number of aryl methyl sites for hydroxylation is 2. The van der Waals surface area contributed by atoms with Gasteiger partial charge in [0, 0.05) is 10.9 Å². The minimum Gasteiger partial charge on any atom is -0.481 e. The number of aliphatic carboxylic acids is 1. The third-order valence-electron chi connectivity index (χ3n) is 3.67. The molecule has 1 fully saturated rings. The van der Waals surface area contributed by atoms with Crippen molar-refractivity contribution in [1.29, 1.82) is 0 Å². The molecule has 1 aliphatic heterocycles. The predicted molar refractivity (Wildman–Crippen MR) is 72.0 cm³/mol. The SMILES string of the molecule is Cc1nc(C(C)N2CCCC2CC(=O)O)c(C)s1. The second-order valence-electron chi connectivity index (χ2n) is 4.98. The molecule has 5 heteroatoms. The van der Waals surface area contributed by atoms with Gasteiger partial charge in [-0.3, -0.25) is 9.69 Å². The molecular weight excluding hydrogens is 248 g/mol. The van der Waals surface area contributed by atoms with Gasteiger partial charge in [0.15, 0.2) is 0 Å². The summed E-state index contributed by atoms with van der Waals surface area (Å²) in [6, 6.07) is 0.390. The maximum atomic E-state index is 10.9. The lowest BCUT2D eigenvalue weighted by molar-refractivity contribution is -0.138. The first kappa shape index (κ1) is 13.5. The number of aromatic nitrogens is 1. The summed E-state index contributed by atoms with van der Waals surface area (Å²) in [5, 5.41) is 10.0. The highest BCUT2D eigenvalue weighted by Crippen LogP contribution is 2.33. The molecule has 4 nitrogen and oxygen atoms in total. The number of carboxylic acids is 1. The molecular formula is C13H20N2O2S. The van der Waals surface area contributed by atoms with Gasteiger partial charge in [-0.25, -0.2) is 4.98 Å². The summed E-state index contributed by atoms with van der Waals surface area (Å²) in [6.45, 7) is 7.24. The maximum Gasteiger partial charge on any atom is 0.304 e. The van der Waals surface area contributed by atoms with Gasteiger partial charge in [0.25, 0.3) is 0 Å². The first-order valence-corrected chi connectivity index (χ1v) is 7.22. The largest absolute Gasteiger partial charge is 0.481 e. The molecule has 1 aliphatic rings. The highest BCUT2D eigenvalue weighted by atomic mass is 32.1. The fourth-order valence-corrected chi connectivity index (χ4v) is 3.79. The van der Waals surface area contributed by atoms with Crippen LogP contribution >= 0.6 is 11.3 Å². The molecule has 1 aromatic rings. The Kier molecular flexibility index (Phi) is 4.02. The Labute approximate surface area is 112 Å². The summed E-state index contributed by atoms with van der Waals surface area (Å²) < 4.78 is 0. The quantitative estimate of drug-likeness (QED) is 0.912. The van der Waals surface area contributed by atoms with Crippen LogP contribution in [-0.2, 0) is 4.79 Å². The fraction of sp³-hybridized carbons (Fsp3) is 0.692. The maximum absolute atomic E-state index is 10.9. The van der Waals surface area contributed by atoms with Gasteiger partial charge < -0.3 is 5.11 Å². The minimum atomic E-state index is -0.703. The molecule has 2 atom stereocenters. The number of likely N-dealkylation sites (tertiary alicyclic amines) is 1. The van der Waals surface area contributed by atoms with E-state index in [-0.39, 0.29) is 18.5 Å². The summed E-state index contributed by atoms with van der Waals surface area (Å²) in [7, 11) is 0. The number of rotatable bonds is 4. The summed E-state index contributed by atoms with van der Waals surface area (Å²) >= 11 is 1.72. The number of hydrogen-bond acceptors (Lipinski definition) is 4. The summed E-state index contributed by atoms with van der Waals surface area (Å²) in [5.74, 6) is -0.703. The van der Waals surface area contributed by atoms with E-state index in [4.69, 9.17) is 5.11 Å². The molecule has 1 aromatic heterocycles. The van der Waals surface area contributed by atoms with Crippen LogP contribution in [0.15, 0.2) is 0 Å². The van der Waals surface area contributed by atoms with Crippen LogP contribution in [0, 0.1) is 13.8 Å². The lowest BCUT2D eigenvalue weighted by atomic mass is 10.1. The van der Waals surface area contributed by atoms with E-state index in [1.54, 1.807) is 11.3 Å². The van der Waals surface area contributed by atoms with Crippen molar-refractivity contribution in [2.45, 2.75) is 52.1 Å². The van der Waals surface area contributed by atoms with Gasteiger partial charge >= 0.3 is 5.97 Å². The normalized spacial score (nSPS) is 22.3. The minimum absolute atomic E-state index is 0.166. The highest BCUT2D eigenvalue weighted by molar-refractivity contribution is 7.11. The third-order valence-corrected chi connectivity index (χ3v) is 4.57. The van der Waals surface area contributed by atoms with E-state index in [1.807, 2.05) is 6.92 Å². The highest BCUT2D eigenvalue weighted by Gasteiger charge is 2.32. The van der Waals surface area contributed by atoms with Crippen LogP contribution in [0.1, 0.15) is 47.8 Å². The van der Waals surface area contributed by atoms with Crippen molar-refractivity contribution in [2.75, 3.05) is 6.54 Å². The Balaban J connectivity index is 2.14. The van der Waals surface area contributed by atoms with E-state index in [0.29, 0.717) is 0 Å². The Hall–Kier alpha value is -0.940. The molecule has 1 saturated heterocycles. The zero-order chi connectivity index (χ0) is 13.3. The van der Waals surface area contributed by atoms with Gasteiger partial charge in [-0.2, -0.15) is 0 Å². The molecule has 0 aliphatic carbocycles. The van der Waals surface area contributed by atoms with E-state index in [9.17, 15) is 4.79 Å². The number of hydrogen-bond donors (Lipinski definition) is 1. The van der Waals surface area contributed by atoms with Crippen molar-refractivity contribution < 1.29 is 9.90 Å². The van der Waals surface area contributed by atoms with Gasteiger partial charge in [0.1, 0.15) is 0 Å². The Morgan fingerprint density at radius 1 is 1.61 bits per heavy atom. The zero-order valence-electron chi connectivity index (χ0n) is 11.1. The van der Waals surface area contributed by atoms with Gasteiger partial charge in [-0.05, 0) is 40.2 Å². The van der Waals surface area contributed by atoms with Crippen molar-refractivity contribution in [3.05, 3.63) is 15.6 Å². The molecule has 0 radical (unpaired) electrons. The van der Waals surface area contributed by atoms with Crippen LogP contribution in [0.3, 0.4) is 0 Å². The smallest absolute Gasteiger partial charge is 0.304 e. The van der Waals surface area contributed by atoms with Crippen molar-refractivity contribution in [2.24, 2.45) is 0 Å². The van der Waals surface area contributed by atoms with Crippen LogP contribution in [0.2, 0.25) is 0 Å². The molecule has 0 spiro atoms. The van der Waals surface area contributed by atoms with Gasteiger partial charge in [-0.1, -0.05) is 0 Å². The molecule has 2 unspecified atom stereocenters. The van der Waals surface area contributed by atoms with Crippen molar-refractivity contribution >= 4 is 17.3 Å². The standard InChI is InChI=1S/C13H20N2O2S/c1-8(13-9(2)18-10(3)14-13)15-6-4-5-11(15)7-12(16)17/h8,11H,4-7H2,1-3H3,(H,16,17). The molecule has 1 N–H and O–H groups in total. The van der Waals surface area contributed by atoms with E-state index in [2.05, 4.69) is 23.7 Å². The second kappa shape index (κ2) is 5.36. The monoisotopic (exact) mass is 268 g/mol. The van der Waals surface area contributed by atoms with E-state index >= 15 is 0 Å². The first-order valence-electron chi connectivity index (χ1n) is 6.40. The van der Waals surface area contributed by atoms with E-state index in [0.717, 1.165) is 30.1 Å². The molecule has 0 saturated carbocycles. The van der Waals surface area contributed by atoms with E-state index < -0.39 is 5.97 Å². The van der Waals surface area contributed by atoms with Crippen LogP contribution < -0.4 is 0 Å². The summed E-state index contributed by atoms with van der Waals surface area (Å²) in [4.78, 5) is 19.0. The number of carboxylic acid groups (broad SMARTS) is 1. The number of carbonyl (C=O) groups is 1. The van der Waals surface area contributed by atoms with Crippen LogP contribution in [-0.4, -0.2) is 33.5 Å². The molecule has 100 valence electrons. The molecule has 2 heterocycles. The molecule has 0 amide bonds. The lowest BCUT2D eigenvalue weighted by Gasteiger charge is -2.29. The molecule has 0 aromatic carbocycles. The molecule has 18 heavy (non-hydrogen) atoms. The Morgan fingerprint density at radius 3 is 2.89 bits per heavy atom. The third kappa shape index (κ3) is 2.72. The van der Waals surface area contributed by atoms with Crippen LogP contribution in [0.25, 0.3) is 0 Å². The average molecular weight is 268 g/mol. The lowest BCUT2D eigenvalue weighted by Crippen LogP contribution is -2.34. The van der Waals surface area contributed by atoms with Crippen molar-refractivity contribution in [1.82, 2.24) is 9.88 Å². The Morgan fingerprint density at radius 2 is 2.33 bits per heavy atom. The summed E-state index contributed by atoms with van der Waals surface area (Å²) in [5.41, 5.74) is 1.12. The summed E-state index contributed by atoms with van der Waals surface area (Å²) in [6.07, 6.45) is 2.32. The van der Waals surface area contributed by atoms with Crippen LogP contribution in [0.5, 0.6) is 0 Å².